The predicted octanol–water partition coefficient (Wildman–Crippen LogP) is -0.297. The number of rotatable bonds is 5. The molecule has 27 heavy (non-hydrogen) atoms. The van der Waals surface area contributed by atoms with Gasteiger partial charge in [0.05, 0.1) is 12.7 Å². The molecule has 0 bridgehead atoms. The summed E-state index contributed by atoms with van der Waals surface area (Å²) in [6.07, 6.45) is 8.49. The van der Waals surface area contributed by atoms with Crippen molar-refractivity contribution in [2.45, 2.75) is 6.54 Å². The lowest BCUT2D eigenvalue weighted by Gasteiger charge is -1.99. The fourth-order valence-corrected chi connectivity index (χ4v) is 2.51. The molecule has 0 amide bonds. The number of imidazole rings is 1. The summed E-state index contributed by atoms with van der Waals surface area (Å²) in [7, 11) is 1.35. The largest absolute Gasteiger partial charge is 1.00 e. The van der Waals surface area contributed by atoms with Gasteiger partial charge in [0.25, 0.3) is 6.33 Å². The van der Waals surface area contributed by atoms with E-state index in [1.807, 2.05) is 53.2 Å². The molecule has 3 rings (SSSR count). The van der Waals surface area contributed by atoms with Crippen LogP contribution in [0.15, 0.2) is 79.4 Å². The number of nitrogens with zero attached hydrogens (tertiary/aromatic N) is 2. The fraction of sp³-hybridized carbons (Fsp3) is 0.0952. The maximum Gasteiger partial charge on any atom is 0.345 e. The Bertz CT molecular complexity index is 932. The van der Waals surface area contributed by atoms with Crippen LogP contribution in [0, 0.1) is 0 Å². The first-order chi connectivity index (χ1) is 12.7. The van der Waals surface area contributed by atoms with Gasteiger partial charge in [0.2, 0.25) is 0 Å². The van der Waals surface area contributed by atoms with Crippen LogP contribution >= 0.6 is 0 Å². The minimum atomic E-state index is -0.381. The van der Waals surface area contributed by atoms with Gasteiger partial charge >= 0.3 is 11.9 Å². The van der Waals surface area contributed by atoms with Gasteiger partial charge in [-0.25, -0.2) is 14.2 Å². The summed E-state index contributed by atoms with van der Waals surface area (Å²) in [6, 6.07) is 17.0. The number of aromatic nitrogens is 2. The Hall–Kier alpha value is -2.99. The van der Waals surface area contributed by atoms with E-state index in [1.54, 1.807) is 35.3 Å². The van der Waals surface area contributed by atoms with Crippen molar-refractivity contribution < 1.29 is 35.9 Å². The summed E-state index contributed by atoms with van der Waals surface area (Å²) in [4.78, 5) is 23.5. The normalized spacial score (nSPS) is 10.4. The minimum Gasteiger partial charge on any atom is -1.00 e. The molecule has 5 nitrogen and oxygen atoms in total. The molecule has 0 saturated carbocycles. The van der Waals surface area contributed by atoms with E-state index < -0.39 is 0 Å². The number of esters is 1. The first-order valence-corrected chi connectivity index (χ1v) is 8.17. The van der Waals surface area contributed by atoms with Crippen LogP contribution in [-0.2, 0) is 16.1 Å². The van der Waals surface area contributed by atoms with Crippen LogP contribution in [0.4, 0.5) is 0 Å². The summed E-state index contributed by atoms with van der Waals surface area (Å²) in [6.45, 7) is 0.649. The van der Waals surface area contributed by atoms with E-state index in [-0.39, 0.29) is 28.9 Å². The van der Waals surface area contributed by atoms with E-state index in [9.17, 15) is 9.59 Å². The molecular formula is C21H19BrN2O3. The van der Waals surface area contributed by atoms with Crippen molar-refractivity contribution >= 4 is 18.0 Å². The second-order valence-corrected chi connectivity index (χ2v) is 5.76. The van der Waals surface area contributed by atoms with Gasteiger partial charge in [-0.2, -0.15) is 4.57 Å². The SMILES string of the molecule is COC(=O)C=Cc1ccc(C[n+]2ccn(C(=O)c3ccccc3)c2)cc1.[Br-]. The van der Waals surface area contributed by atoms with E-state index in [1.165, 1.54) is 13.2 Å². The third-order valence-corrected chi connectivity index (χ3v) is 3.90. The van der Waals surface area contributed by atoms with Crippen molar-refractivity contribution in [2.24, 2.45) is 0 Å². The number of halogens is 1. The number of methoxy groups -OCH3 is 1. The molecule has 1 heterocycles. The van der Waals surface area contributed by atoms with Gasteiger partial charge in [0.15, 0.2) is 0 Å². The smallest absolute Gasteiger partial charge is 0.345 e. The monoisotopic (exact) mass is 426 g/mol. The lowest BCUT2D eigenvalue weighted by Crippen LogP contribution is -3.00. The predicted molar refractivity (Wildman–Crippen MR) is 97.4 cm³/mol. The van der Waals surface area contributed by atoms with Crippen molar-refractivity contribution in [3.8, 4) is 0 Å². The Labute approximate surface area is 168 Å². The molecule has 0 radical (unpaired) electrons. The van der Waals surface area contributed by atoms with E-state index in [0.29, 0.717) is 12.1 Å². The van der Waals surface area contributed by atoms with Gasteiger partial charge in [-0.05, 0) is 29.3 Å². The Morgan fingerprint density at radius 3 is 2.44 bits per heavy atom. The second kappa shape index (κ2) is 9.64. The molecule has 0 saturated heterocycles. The number of hydrogen-bond acceptors (Lipinski definition) is 3. The summed E-state index contributed by atoms with van der Waals surface area (Å²) in [5.41, 5.74) is 2.66. The Balaban J connectivity index is 0.00000261. The lowest BCUT2D eigenvalue weighted by molar-refractivity contribution is -0.687. The highest BCUT2D eigenvalue weighted by Crippen LogP contribution is 2.07. The van der Waals surface area contributed by atoms with E-state index in [0.717, 1.165) is 11.1 Å². The highest BCUT2D eigenvalue weighted by atomic mass is 79.9. The number of carbonyl (C=O) groups is 2. The lowest BCUT2D eigenvalue weighted by atomic mass is 10.1. The molecular weight excluding hydrogens is 408 g/mol. The minimum absolute atomic E-state index is 0. The third-order valence-electron chi connectivity index (χ3n) is 3.90. The zero-order valence-electron chi connectivity index (χ0n) is 14.8. The molecule has 0 atom stereocenters. The first-order valence-electron chi connectivity index (χ1n) is 8.17. The Morgan fingerprint density at radius 1 is 1.07 bits per heavy atom. The number of benzene rings is 2. The van der Waals surface area contributed by atoms with Gasteiger partial charge in [-0.3, -0.25) is 0 Å². The number of ether oxygens (including phenoxy) is 1. The molecule has 0 N–H and O–H groups in total. The molecule has 2 aromatic carbocycles. The van der Waals surface area contributed by atoms with E-state index >= 15 is 0 Å². The van der Waals surface area contributed by atoms with Gasteiger partial charge in [0, 0.05) is 6.08 Å². The van der Waals surface area contributed by atoms with Crippen molar-refractivity contribution in [2.75, 3.05) is 7.11 Å². The zero-order valence-corrected chi connectivity index (χ0v) is 16.4. The van der Waals surface area contributed by atoms with Gasteiger partial charge < -0.3 is 21.7 Å². The molecule has 0 spiro atoms. The van der Waals surface area contributed by atoms with Crippen LogP contribution in [0.5, 0.6) is 0 Å². The summed E-state index contributed by atoms with van der Waals surface area (Å²) in [5.74, 6) is -0.443. The molecule has 0 aliphatic heterocycles. The van der Waals surface area contributed by atoms with Crippen LogP contribution in [0.3, 0.4) is 0 Å². The molecule has 1 aromatic heterocycles. The third kappa shape index (κ3) is 5.49. The molecule has 0 aliphatic rings. The van der Waals surface area contributed by atoms with Crippen LogP contribution in [0.1, 0.15) is 21.5 Å². The van der Waals surface area contributed by atoms with E-state index in [2.05, 4.69) is 4.74 Å². The van der Waals surface area contributed by atoms with Crippen molar-refractivity contribution in [1.29, 1.82) is 0 Å². The summed E-state index contributed by atoms with van der Waals surface area (Å²) < 4.78 is 8.09. The standard InChI is InChI=1S/C21H19N2O3.BrH/c1-26-20(24)12-11-17-7-9-18(10-8-17)15-22-13-14-23(16-22)21(25)19-5-3-2-4-6-19;/h2-14,16H,15H2,1H3;1H/q+1;/p-1. The van der Waals surface area contributed by atoms with Crippen molar-refractivity contribution in [3.05, 3.63) is 96.1 Å². The average molecular weight is 427 g/mol. The van der Waals surface area contributed by atoms with Gasteiger partial charge in [0.1, 0.15) is 18.9 Å². The average Bonchev–Trinajstić information content (AvgIpc) is 3.15. The maximum absolute atomic E-state index is 12.4. The topological polar surface area (TPSA) is 52.2 Å². The highest BCUT2D eigenvalue weighted by Gasteiger charge is 2.15. The number of hydrogen-bond donors (Lipinski definition) is 0. The van der Waals surface area contributed by atoms with Crippen molar-refractivity contribution in [3.63, 3.8) is 0 Å². The van der Waals surface area contributed by atoms with Crippen LogP contribution in [0.2, 0.25) is 0 Å². The second-order valence-electron chi connectivity index (χ2n) is 5.76. The van der Waals surface area contributed by atoms with Gasteiger partial charge in [-0.1, -0.05) is 42.5 Å². The molecule has 6 heteroatoms. The summed E-state index contributed by atoms with van der Waals surface area (Å²) >= 11 is 0. The van der Waals surface area contributed by atoms with Crippen LogP contribution in [-0.4, -0.2) is 23.6 Å². The number of carbonyl (C=O) groups excluding carboxylic acids is 2. The molecule has 0 fully saturated rings. The molecule has 0 unspecified atom stereocenters. The molecule has 0 aliphatic carbocycles. The first kappa shape index (κ1) is 20.3. The molecule has 138 valence electrons. The summed E-state index contributed by atoms with van der Waals surface area (Å²) in [5, 5.41) is 0. The van der Waals surface area contributed by atoms with Crippen molar-refractivity contribution in [1.82, 2.24) is 4.57 Å². The fourth-order valence-electron chi connectivity index (χ4n) is 2.51. The van der Waals surface area contributed by atoms with Crippen LogP contribution < -0.4 is 21.5 Å². The van der Waals surface area contributed by atoms with E-state index in [4.69, 9.17) is 0 Å². The zero-order chi connectivity index (χ0) is 18.4. The van der Waals surface area contributed by atoms with Gasteiger partial charge in [-0.15, -0.1) is 0 Å². The van der Waals surface area contributed by atoms with Crippen LogP contribution in [0.25, 0.3) is 6.08 Å². The Morgan fingerprint density at radius 2 is 1.78 bits per heavy atom. The maximum atomic E-state index is 12.4. The quantitative estimate of drug-likeness (QED) is 0.319. The Kier molecular flexibility index (Phi) is 7.25. The molecule has 3 aromatic rings. The highest BCUT2D eigenvalue weighted by molar-refractivity contribution is 5.95.